The Kier molecular flexibility index (Phi) is 37.9. The predicted molar refractivity (Wildman–Crippen MR) is 392 cm³/mol. The molecule has 0 aliphatic carbocycles. The Morgan fingerprint density at radius 3 is 1.08 bits per heavy atom. The van der Waals surface area contributed by atoms with Crippen molar-refractivity contribution in [1.29, 1.82) is 0 Å². The molecule has 0 atom stereocenters. The summed E-state index contributed by atoms with van der Waals surface area (Å²) in [5, 5.41) is 0. The molecule has 4 aromatic rings. The van der Waals surface area contributed by atoms with Gasteiger partial charge in [0.25, 0.3) is 5.91 Å². The number of hydrogen-bond acceptors (Lipinski definition) is 15. The monoisotopic (exact) mass is 2120 g/mol. The SMILES string of the molecule is CCCCCCCCCCCCS(=O)(=O)c1cccc(S(=O)(=O)C(Br)(Br)Br)c1.CCCCN(CCCC)S(=O)(=O)c1cccc(S(=O)(=O)C(Br)(Br)Br)c1.CS(=O)(=O)NC(=O)c1cccc(S(=O)(=O)C(Br)(Br)Br)c1.Cc1cccc(S(=O)(=O)C(Br)(Br)Br)c1. The molecule has 0 fully saturated rings. The van der Waals surface area contributed by atoms with E-state index in [0.717, 1.165) is 62.8 Å². The second kappa shape index (κ2) is 38.0. The van der Waals surface area contributed by atoms with Gasteiger partial charge in [0.1, 0.15) is 0 Å². The van der Waals surface area contributed by atoms with Gasteiger partial charge in [-0.2, -0.15) is 4.31 Å². The van der Waals surface area contributed by atoms with Gasteiger partial charge < -0.3 is 0 Å². The molecule has 1 amide bonds. The fourth-order valence-corrected chi connectivity index (χ4v) is 20.6. The lowest BCUT2D eigenvalue weighted by Crippen LogP contribution is -2.33. The van der Waals surface area contributed by atoms with E-state index in [4.69, 9.17) is 0 Å². The molecule has 0 aliphatic rings. The largest absolute Gasteiger partial charge is 0.268 e. The van der Waals surface area contributed by atoms with Gasteiger partial charge >= 0.3 is 0 Å². The van der Waals surface area contributed by atoms with E-state index >= 15 is 0 Å². The van der Waals surface area contributed by atoms with Crippen molar-refractivity contribution in [2.45, 2.75) is 153 Å². The number of unbranched alkanes of at least 4 members (excludes halogenated alkanes) is 11. The highest BCUT2D eigenvalue weighted by Crippen LogP contribution is 2.46. The zero-order chi connectivity index (χ0) is 67.3. The number of nitrogens with zero attached hydrogens (tertiary/aromatic N) is 1. The van der Waals surface area contributed by atoms with Crippen LogP contribution in [-0.4, -0.2) is 100 Å². The van der Waals surface area contributed by atoms with Crippen LogP contribution in [0.5, 0.6) is 0 Å². The topological polar surface area (TPSA) is 271 Å². The Labute approximate surface area is 616 Å². The zero-order valence-corrected chi connectivity index (χ0v) is 72.0. The minimum Gasteiger partial charge on any atom is -0.268 e. The summed E-state index contributed by atoms with van der Waals surface area (Å²) in [7, 11) is -26.0. The third kappa shape index (κ3) is 28.8. The molecule has 0 radical (unpaired) electrons. The Bertz CT molecular complexity index is 3700. The Hall–Kier alpha value is 1.72. The normalized spacial score (nSPS) is 13.1. The summed E-state index contributed by atoms with van der Waals surface area (Å²) >= 11 is 35.7. The van der Waals surface area contributed by atoms with E-state index in [1.54, 1.807) is 22.9 Å². The first-order valence-corrected chi connectivity index (χ1v) is 46.4. The Morgan fingerprint density at radius 2 is 0.713 bits per heavy atom. The van der Waals surface area contributed by atoms with Crippen LogP contribution in [0.15, 0.2) is 126 Å². The van der Waals surface area contributed by atoms with Crippen molar-refractivity contribution in [1.82, 2.24) is 9.03 Å². The minimum atomic E-state index is -3.86. The highest BCUT2D eigenvalue weighted by atomic mass is 80.0. The maximum atomic E-state index is 13.0. The van der Waals surface area contributed by atoms with E-state index in [-0.39, 0.29) is 40.7 Å². The van der Waals surface area contributed by atoms with Gasteiger partial charge in [0, 0.05) is 18.7 Å². The van der Waals surface area contributed by atoms with Gasteiger partial charge in [0.05, 0.1) is 41.4 Å². The first-order valence-electron chi connectivity index (χ1n) is 26.0. The van der Waals surface area contributed by atoms with Crippen molar-refractivity contribution < 1.29 is 63.7 Å². The van der Waals surface area contributed by atoms with Crippen molar-refractivity contribution in [2.24, 2.45) is 0 Å². The van der Waals surface area contributed by atoms with E-state index in [1.807, 2.05) is 26.8 Å². The number of nitrogens with one attached hydrogen (secondary N) is 1. The van der Waals surface area contributed by atoms with Crippen LogP contribution in [0.25, 0.3) is 0 Å². The quantitative estimate of drug-likeness (QED) is 0.0452. The summed E-state index contributed by atoms with van der Waals surface area (Å²) in [5.41, 5.74) is 0.816. The van der Waals surface area contributed by atoms with Crippen LogP contribution in [0.4, 0.5) is 0 Å². The summed E-state index contributed by atoms with van der Waals surface area (Å²) in [6, 6.07) is 22.7. The summed E-state index contributed by atoms with van der Waals surface area (Å²) in [4.78, 5) is 11.6. The van der Waals surface area contributed by atoms with Crippen LogP contribution < -0.4 is 4.72 Å². The lowest BCUT2D eigenvalue weighted by molar-refractivity contribution is 0.0981. The van der Waals surface area contributed by atoms with Gasteiger partial charge in [-0.25, -0.2) is 63.6 Å². The number of rotatable bonds is 26. The van der Waals surface area contributed by atoms with E-state index in [9.17, 15) is 63.7 Å². The van der Waals surface area contributed by atoms with Crippen LogP contribution in [0.3, 0.4) is 0 Å². The number of amides is 1. The maximum Gasteiger partial charge on any atom is 0.264 e. The lowest BCUT2D eigenvalue weighted by atomic mass is 10.1. The molecule has 17 nitrogen and oxygen atoms in total. The molecule has 0 unspecified atom stereocenters. The molecule has 4 rings (SSSR count). The third-order valence-corrected chi connectivity index (χ3v) is 37.2. The van der Waals surface area contributed by atoms with Gasteiger partial charge in [-0.3, -0.25) is 4.79 Å². The molecule has 0 bridgehead atoms. The molecule has 0 aliphatic heterocycles. The van der Waals surface area contributed by atoms with Gasteiger partial charge in [-0.15, -0.1) is 0 Å². The fourth-order valence-electron chi connectivity index (χ4n) is 7.05. The molecule has 0 spiro atoms. The van der Waals surface area contributed by atoms with Crippen molar-refractivity contribution >= 4 is 266 Å². The maximum absolute atomic E-state index is 13.0. The summed E-state index contributed by atoms with van der Waals surface area (Å²) < 4.78 is 168. The van der Waals surface area contributed by atoms with Crippen LogP contribution in [0.1, 0.15) is 127 Å². The van der Waals surface area contributed by atoms with Gasteiger partial charge in [0.15, 0.2) is 9.84 Å². The van der Waals surface area contributed by atoms with E-state index in [1.165, 1.54) is 110 Å². The average molecular weight is 2130 g/mol. The highest BCUT2D eigenvalue weighted by molar-refractivity contribution is 9.43. The molecule has 0 saturated heterocycles. The average Bonchev–Trinajstić information content (AvgIpc) is 1.22. The number of benzene rings is 4. The smallest absolute Gasteiger partial charge is 0.264 e. The Balaban J connectivity index is 0.000000595. The van der Waals surface area contributed by atoms with Gasteiger partial charge in [-0.1, -0.05) is 122 Å². The first-order chi connectivity index (χ1) is 39.6. The van der Waals surface area contributed by atoms with E-state index in [0.29, 0.717) is 19.5 Å². The van der Waals surface area contributed by atoms with Crippen LogP contribution in [0, 0.1) is 6.92 Å². The zero-order valence-electron chi connectivity index (χ0n) is 47.2. The van der Waals surface area contributed by atoms with Crippen molar-refractivity contribution in [3.63, 3.8) is 0 Å². The van der Waals surface area contributed by atoms with Gasteiger partial charge in [-0.05, 0) is 290 Å². The van der Waals surface area contributed by atoms with Crippen molar-refractivity contribution in [2.75, 3.05) is 25.1 Å². The van der Waals surface area contributed by atoms with Crippen LogP contribution in [-0.2, 0) is 69.2 Å². The van der Waals surface area contributed by atoms with Crippen LogP contribution in [0.2, 0.25) is 0 Å². The fraction of sp³-hybridized carbons (Fsp3) is 0.510. The number of aryl methyl sites for hydroxylation is 1. The Morgan fingerprint density at radius 1 is 0.402 bits per heavy atom. The number of sulfonamides is 2. The van der Waals surface area contributed by atoms with E-state index < -0.39 is 81.0 Å². The first kappa shape index (κ1) is 86.7. The van der Waals surface area contributed by atoms with Crippen molar-refractivity contribution in [3.8, 4) is 0 Å². The molecule has 496 valence electrons. The highest BCUT2D eigenvalue weighted by Gasteiger charge is 2.41. The predicted octanol–water partition coefficient (Wildman–Crippen LogP) is 17.3. The number of hydrogen-bond donors (Lipinski definition) is 1. The number of sulfone groups is 5. The number of alkyl halides is 12. The van der Waals surface area contributed by atoms with Crippen LogP contribution >= 0.6 is 191 Å². The lowest BCUT2D eigenvalue weighted by Gasteiger charge is -2.22. The molecule has 0 aromatic heterocycles. The molecule has 87 heavy (non-hydrogen) atoms. The second-order valence-electron chi connectivity index (χ2n) is 18.9. The number of carbonyl (C=O) groups excluding carboxylic acids is 1. The molecule has 4 aromatic carbocycles. The number of carbonyl (C=O) groups is 1. The molecule has 1 N–H and O–H groups in total. The molecule has 0 saturated carbocycles. The minimum absolute atomic E-state index is 0.0162. The van der Waals surface area contributed by atoms with Crippen molar-refractivity contribution in [3.05, 3.63) is 108 Å². The molecule has 36 heteroatoms. The standard InChI is InChI=1S/C19H29Br3O4S2.C15H22Br3NO4S2.C9H8Br3NO5S2.C8H7Br3O2S/c1-2-3-4-5-6-7-8-9-10-11-15-27(23,24)17-13-12-14-18(16-17)28(25,26)19(20,21)22;1-3-5-10-19(11-6-4-2)25(22,23)14-9-7-8-13(12-14)24(20,21)15(16,17)18;1-19(15,16)13-8(14)6-3-2-4-7(5-6)20(17,18)9(10,11)12;1-6-3-2-4-7(5-6)14(12,13)8(9,10)11/h12-14,16H,2-11,15H2,1H3;7-9,12H,3-6,10-11H2,1-2H3;2-5H,1H3,(H,13,14);2-5H,1H3. The summed E-state index contributed by atoms with van der Waals surface area (Å²) in [6.07, 6.45) is 15.4. The summed E-state index contributed by atoms with van der Waals surface area (Å²) in [5.74, 6) is -0.872. The second-order valence-corrected chi connectivity index (χ2v) is 66.4. The number of halogens is 12. The molecular weight excluding hydrogens is 2060 g/mol. The van der Waals surface area contributed by atoms with E-state index in [2.05, 4.69) is 198 Å². The third-order valence-electron chi connectivity index (χ3n) is 11.7. The molecular formula is C51H66Br12N2O15S7. The summed E-state index contributed by atoms with van der Waals surface area (Å²) in [6.45, 7) is 8.90. The van der Waals surface area contributed by atoms with Gasteiger partial charge in [0.2, 0.25) is 65.3 Å². The molecule has 0 heterocycles.